The maximum Gasteiger partial charge on any atom is 0.293 e. The Balaban J connectivity index is 3.01. The monoisotopic (exact) mass is 253 g/mol. The second-order valence-electron chi connectivity index (χ2n) is 5.66. The largest absolute Gasteiger partial charge is 0.393 e. The summed E-state index contributed by atoms with van der Waals surface area (Å²) in [5, 5.41) is 9.27. The number of rotatable bonds is 4. The molecule has 0 saturated carbocycles. The fraction of sp³-hybridized carbons (Fsp3) is 0.692. The van der Waals surface area contributed by atoms with Gasteiger partial charge in [-0.05, 0) is 34.1 Å². The smallest absolute Gasteiger partial charge is 0.293 e. The van der Waals surface area contributed by atoms with Gasteiger partial charge in [0.05, 0.1) is 6.10 Å². The van der Waals surface area contributed by atoms with Crippen LogP contribution in [0, 0.1) is 0 Å². The molecule has 1 aromatic rings. The third-order valence-electron chi connectivity index (χ3n) is 2.79. The van der Waals surface area contributed by atoms with Crippen molar-refractivity contribution in [1.29, 1.82) is 0 Å². The minimum Gasteiger partial charge on any atom is -0.393 e. The topological polar surface area (TPSA) is 58.4 Å². The fourth-order valence-electron chi connectivity index (χ4n) is 1.68. The summed E-state index contributed by atoms with van der Waals surface area (Å²) in [4.78, 5) is 18.2. The fourth-order valence-corrected chi connectivity index (χ4v) is 1.68. The van der Waals surface area contributed by atoms with Crippen LogP contribution in [-0.2, 0) is 5.54 Å². The van der Waals surface area contributed by atoms with Gasteiger partial charge in [-0.25, -0.2) is 4.98 Å². The van der Waals surface area contributed by atoms with Gasteiger partial charge in [0.25, 0.3) is 5.56 Å². The van der Waals surface area contributed by atoms with E-state index in [4.69, 9.17) is 0 Å². The molecule has 1 atom stereocenters. The minimum absolute atomic E-state index is 0.0990. The number of hydrogen-bond acceptors (Lipinski definition) is 4. The summed E-state index contributed by atoms with van der Waals surface area (Å²) in [5.41, 5.74) is -0.363. The number of aliphatic hydroxyl groups is 1. The van der Waals surface area contributed by atoms with Crippen molar-refractivity contribution in [2.75, 3.05) is 18.5 Å². The van der Waals surface area contributed by atoms with Crippen LogP contribution >= 0.6 is 0 Å². The maximum absolute atomic E-state index is 12.3. The first-order valence-electron chi connectivity index (χ1n) is 6.21. The number of anilines is 1. The Bertz CT molecular complexity index is 446. The standard InChI is InChI=1S/C13H23N3O2/c1-10(17)6-8-15(5)11-12(18)16(9-7-14-11)13(2,3)4/h7,9-10,17H,6,8H2,1-5H3. The third-order valence-corrected chi connectivity index (χ3v) is 2.79. The van der Waals surface area contributed by atoms with Crippen molar-refractivity contribution in [2.45, 2.75) is 45.8 Å². The predicted molar refractivity (Wildman–Crippen MR) is 73.1 cm³/mol. The van der Waals surface area contributed by atoms with Crippen LogP contribution in [0.4, 0.5) is 5.82 Å². The van der Waals surface area contributed by atoms with Gasteiger partial charge >= 0.3 is 0 Å². The van der Waals surface area contributed by atoms with E-state index in [9.17, 15) is 9.90 Å². The summed E-state index contributed by atoms with van der Waals surface area (Å²) in [6, 6.07) is 0. The van der Waals surface area contributed by atoms with Gasteiger partial charge in [-0.2, -0.15) is 0 Å². The zero-order valence-corrected chi connectivity index (χ0v) is 11.8. The molecule has 0 bridgehead atoms. The first-order valence-corrected chi connectivity index (χ1v) is 6.21. The molecule has 0 fully saturated rings. The van der Waals surface area contributed by atoms with Gasteiger partial charge in [0.1, 0.15) is 0 Å². The Hall–Kier alpha value is -1.36. The molecule has 0 radical (unpaired) electrons. The highest BCUT2D eigenvalue weighted by Crippen LogP contribution is 2.12. The van der Waals surface area contributed by atoms with E-state index in [0.717, 1.165) is 0 Å². The molecule has 18 heavy (non-hydrogen) atoms. The van der Waals surface area contributed by atoms with Crippen molar-refractivity contribution in [3.8, 4) is 0 Å². The average molecular weight is 253 g/mol. The number of aliphatic hydroxyl groups excluding tert-OH is 1. The summed E-state index contributed by atoms with van der Waals surface area (Å²) in [7, 11) is 1.82. The third kappa shape index (κ3) is 3.57. The zero-order valence-electron chi connectivity index (χ0n) is 11.8. The molecular formula is C13H23N3O2. The van der Waals surface area contributed by atoms with E-state index >= 15 is 0 Å². The first kappa shape index (κ1) is 14.7. The molecular weight excluding hydrogens is 230 g/mol. The molecule has 0 spiro atoms. The molecule has 0 aliphatic rings. The summed E-state index contributed by atoms with van der Waals surface area (Å²) < 4.78 is 1.67. The van der Waals surface area contributed by atoms with Crippen molar-refractivity contribution < 1.29 is 5.11 Å². The lowest BCUT2D eigenvalue weighted by molar-refractivity contribution is 0.186. The molecule has 0 saturated heterocycles. The van der Waals surface area contributed by atoms with E-state index < -0.39 is 0 Å². The highest BCUT2D eigenvalue weighted by atomic mass is 16.3. The SMILES string of the molecule is CC(O)CCN(C)c1nccn(C(C)(C)C)c1=O. The molecule has 5 heteroatoms. The van der Waals surface area contributed by atoms with E-state index in [2.05, 4.69) is 4.98 Å². The van der Waals surface area contributed by atoms with Crippen LogP contribution in [0.25, 0.3) is 0 Å². The van der Waals surface area contributed by atoms with Crippen molar-refractivity contribution in [3.63, 3.8) is 0 Å². The lowest BCUT2D eigenvalue weighted by atomic mass is 10.1. The summed E-state index contributed by atoms with van der Waals surface area (Å²) in [5.74, 6) is 0.424. The van der Waals surface area contributed by atoms with Crippen LogP contribution in [0.2, 0.25) is 0 Å². The molecule has 102 valence electrons. The Morgan fingerprint density at radius 3 is 2.61 bits per heavy atom. The van der Waals surface area contributed by atoms with Gasteiger partial charge in [-0.15, -0.1) is 0 Å². The maximum atomic E-state index is 12.3. The Kier molecular flexibility index (Phi) is 4.51. The van der Waals surface area contributed by atoms with Gasteiger partial charge in [0, 0.05) is 31.5 Å². The van der Waals surface area contributed by atoms with Gasteiger partial charge in [-0.3, -0.25) is 4.79 Å². The molecule has 0 amide bonds. The molecule has 0 aliphatic heterocycles. The van der Waals surface area contributed by atoms with E-state index in [-0.39, 0.29) is 17.2 Å². The molecule has 1 aromatic heterocycles. The van der Waals surface area contributed by atoms with E-state index in [0.29, 0.717) is 18.8 Å². The van der Waals surface area contributed by atoms with Gasteiger partial charge < -0.3 is 14.6 Å². The quantitative estimate of drug-likeness (QED) is 0.876. The molecule has 1 rings (SSSR count). The molecule has 5 nitrogen and oxygen atoms in total. The van der Waals surface area contributed by atoms with Crippen LogP contribution in [-0.4, -0.2) is 34.4 Å². The average Bonchev–Trinajstić information content (AvgIpc) is 2.24. The van der Waals surface area contributed by atoms with E-state index in [1.165, 1.54) is 0 Å². The number of aromatic nitrogens is 2. The number of nitrogens with zero attached hydrogens (tertiary/aromatic N) is 3. The Labute approximate surface area is 108 Å². The second kappa shape index (κ2) is 5.52. The highest BCUT2D eigenvalue weighted by Gasteiger charge is 2.18. The Morgan fingerprint density at radius 1 is 1.50 bits per heavy atom. The molecule has 0 aliphatic carbocycles. The van der Waals surface area contributed by atoms with Crippen molar-refractivity contribution >= 4 is 5.82 Å². The van der Waals surface area contributed by atoms with Crippen molar-refractivity contribution in [1.82, 2.24) is 9.55 Å². The molecule has 0 aromatic carbocycles. The van der Waals surface area contributed by atoms with E-state index in [1.54, 1.807) is 28.8 Å². The molecule has 1 heterocycles. The molecule has 1 N–H and O–H groups in total. The zero-order chi connectivity index (χ0) is 13.9. The van der Waals surface area contributed by atoms with Crippen molar-refractivity contribution in [2.24, 2.45) is 0 Å². The lowest BCUT2D eigenvalue weighted by Crippen LogP contribution is -2.38. The summed E-state index contributed by atoms with van der Waals surface area (Å²) in [6.07, 6.45) is 3.58. The van der Waals surface area contributed by atoms with Gasteiger partial charge in [0.15, 0.2) is 5.82 Å². The van der Waals surface area contributed by atoms with E-state index in [1.807, 2.05) is 27.8 Å². The predicted octanol–water partition coefficient (Wildman–Crippen LogP) is 1.21. The van der Waals surface area contributed by atoms with Crippen LogP contribution in [0.1, 0.15) is 34.1 Å². The second-order valence-corrected chi connectivity index (χ2v) is 5.66. The normalized spacial score (nSPS) is 13.4. The summed E-state index contributed by atoms with van der Waals surface area (Å²) in [6.45, 7) is 8.28. The van der Waals surface area contributed by atoms with Gasteiger partial charge in [0.2, 0.25) is 0 Å². The van der Waals surface area contributed by atoms with Crippen molar-refractivity contribution in [3.05, 3.63) is 22.7 Å². The first-order chi connectivity index (χ1) is 8.23. The Morgan fingerprint density at radius 2 is 2.11 bits per heavy atom. The van der Waals surface area contributed by atoms with Crippen LogP contribution in [0.5, 0.6) is 0 Å². The minimum atomic E-state index is -0.374. The van der Waals surface area contributed by atoms with Crippen LogP contribution < -0.4 is 10.5 Å². The lowest BCUT2D eigenvalue weighted by Gasteiger charge is -2.25. The highest BCUT2D eigenvalue weighted by molar-refractivity contribution is 5.34. The number of hydrogen-bond donors (Lipinski definition) is 1. The molecule has 1 unspecified atom stereocenters. The van der Waals surface area contributed by atoms with Crippen LogP contribution in [0.3, 0.4) is 0 Å². The summed E-state index contributed by atoms with van der Waals surface area (Å²) >= 11 is 0. The van der Waals surface area contributed by atoms with Gasteiger partial charge in [-0.1, -0.05) is 0 Å². The van der Waals surface area contributed by atoms with Crippen LogP contribution in [0.15, 0.2) is 17.2 Å².